The van der Waals surface area contributed by atoms with Crippen molar-refractivity contribution in [2.45, 2.75) is 26.5 Å². The third kappa shape index (κ3) is 3.40. The van der Waals surface area contributed by atoms with Crippen LogP contribution in [0.25, 0.3) is 11.4 Å². The van der Waals surface area contributed by atoms with Crippen molar-refractivity contribution in [2.24, 2.45) is 0 Å². The number of carbonyl (C=O) groups excluding carboxylic acids is 1. The number of hydrogen-bond acceptors (Lipinski definition) is 4. The van der Waals surface area contributed by atoms with Gasteiger partial charge in [0.1, 0.15) is 18.1 Å². The molecule has 1 aromatic carbocycles. The zero-order valence-electron chi connectivity index (χ0n) is 14.2. The van der Waals surface area contributed by atoms with Gasteiger partial charge in [0.2, 0.25) is 0 Å². The molecule has 2 aromatic heterocycles. The molecule has 0 amide bonds. The maximum Gasteiger partial charge on any atom is 0.157 e. The van der Waals surface area contributed by atoms with Crippen LogP contribution in [0.15, 0.2) is 54.9 Å². The molecule has 0 saturated carbocycles. The smallest absolute Gasteiger partial charge is 0.157 e. The fourth-order valence-corrected chi connectivity index (χ4v) is 2.76. The second-order valence-electron chi connectivity index (χ2n) is 6.00. The number of hydrogen-bond donors (Lipinski definition) is 1. The van der Waals surface area contributed by atoms with Crippen LogP contribution in [-0.4, -0.2) is 20.9 Å². The average Bonchev–Trinajstić information content (AvgIpc) is 3.10. The highest BCUT2D eigenvalue weighted by atomic mass is 16.5. The lowest BCUT2D eigenvalue weighted by Crippen LogP contribution is -2.06. The second kappa shape index (κ2) is 7.21. The summed E-state index contributed by atoms with van der Waals surface area (Å²) in [6.45, 7) is 4.48. The first-order valence-corrected chi connectivity index (χ1v) is 8.13. The Hall–Kier alpha value is -3.08. The summed E-state index contributed by atoms with van der Waals surface area (Å²) in [6, 6.07) is 12.9. The molecule has 0 spiro atoms. The van der Waals surface area contributed by atoms with Crippen molar-refractivity contribution in [3.8, 4) is 22.9 Å². The van der Waals surface area contributed by atoms with Gasteiger partial charge in [-0.15, -0.1) is 0 Å². The molecule has 0 bridgehead atoms. The molecule has 128 valence electrons. The molecular weight excluding hydrogens is 316 g/mol. The summed E-state index contributed by atoms with van der Waals surface area (Å²) in [5.74, 6) is 0.261. The van der Waals surface area contributed by atoms with Gasteiger partial charge in [-0.1, -0.05) is 12.1 Å². The quantitative estimate of drug-likeness (QED) is 0.684. The van der Waals surface area contributed by atoms with Crippen LogP contribution < -0.4 is 4.74 Å². The second-order valence-corrected chi connectivity index (χ2v) is 6.00. The van der Waals surface area contributed by atoms with Crippen molar-refractivity contribution in [3.05, 3.63) is 66.0 Å². The van der Waals surface area contributed by atoms with Crippen molar-refractivity contribution in [2.75, 3.05) is 0 Å². The Labute approximate surface area is 146 Å². The molecule has 0 fully saturated rings. The van der Waals surface area contributed by atoms with Crippen molar-refractivity contribution < 1.29 is 14.6 Å². The van der Waals surface area contributed by atoms with E-state index in [2.05, 4.69) is 23.4 Å². The van der Waals surface area contributed by atoms with Crippen LogP contribution in [0.3, 0.4) is 0 Å². The Bertz CT molecular complexity index is 884. The van der Waals surface area contributed by atoms with Crippen LogP contribution in [0.2, 0.25) is 0 Å². The normalized spacial score (nSPS) is 10.8. The highest BCUT2D eigenvalue weighted by Crippen LogP contribution is 2.29. The van der Waals surface area contributed by atoms with E-state index in [1.165, 1.54) is 6.07 Å². The van der Waals surface area contributed by atoms with Crippen LogP contribution in [0.5, 0.6) is 11.5 Å². The first-order chi connectivity index (χ1) is 12.1. The lowest BCUT2D eigenvalue weighted by Gasteiger charge is -2.16. The molecule has 0 saturated heterocycles. The van der Waals surface area contributed by atoms with E-state index in [0.29, 0.717) is 18.1 Å². The number of aldehydes is 1. The Morgan fingerprint density at radius 3 is 2.80 bits per heavy atom. The molecule has 3 aromatic rings. The Morgan fingerprint density at radius 2 is 2.04 bits per heavy atom. The van der Waals surface area contributed by atoms with E-state index in [4.69, 9.17) is 4.74 Å². The Balaban J connectivity index is 1.91. The molecule has 2 heterocycles. The van der Waals surface area contributed by atoms with Crippen LogP contribution in [0.1, 0.15) is 35.8 Å². The summed E-state index contributed by atoms with van der Waals surface area (Å²) in [5, 5.41) is 9.76. The highest BCUT2D eigenvalue weighted by Gasteiger charge is 2.14. The third-order valence-electron chi connectivity index (χ3n) is 4.01. The van der Waals surface area contributed by atoms with Gasteiger partial charge in [-0.3, -0.25) is 9.78 Å². The zero-order valence-corrected chi connectivity index (χ0v) is 14.2. The topological polar surface area (TPSA) is 64.3 Å². The third-order valence-corrected chi connectivity index (χ3v) is 4.01. The fourth-order valence-electron chi connectivity index (χ4n) is 2.76. The van der Waals surface area contributed by atoms with Crippen molar-refractivity contribution in [3.63, 3.8) is 0 Å². The molecule has 5 heteroatoms. The molecule has 25 heavy (non-hydrogen) atoms. The lowest BCUT2D eigenvalue weighted by atomic mass is 10.1. The number of nitrogens with zero attached hydrogens (tertiary/aromatic N) is 2. The molecule has 0 unspecified atom stereocenters. The monoisotopic (exact) mass is 336 g/mol. The maximum absolute atomic E-state index is 11.2. The standard InChI is InChI=1S/C20H20N2O3/c1-14(2)22-11-5-7-17(22)20-15(6-4-10-21-20)13-25-19-9-3-8-18(24)16(19)12-23/h3-12,14,24H,13H2,1-2H3. The van der Waals surface area contributed by atoms with E-state index in [9.17, 15) is 9.90 Å². The molecule has 0 aliphatic carbocycles. The summed E-state index contributed by atoms with van der Waals surface area (Å²) >= 11 is 0. The van der Waals surface area contributed by atoms with Crippen LogP contribution >= 0.6 is 0 Å². The molecule has 0 atom stereocenters. The molecule has 0 radical (unpaired) electrons. The van der Waals surface area contributed by atoms with Crippen LogP contribution in [0.4, 0.5) is 0 Å². The van der Waals surface area contributed by atoms with Crippen molar-refractivity contribution >= 4 is 6.29 Å². The van der Waals surface area contributed by atoms with Crippen LogP contribution in [0, 0.1) is 0 Å². The number of pyridine rings is 1. The summed E-state index contributed by atoms with van der Waals surface area (Å²) in [4.78, 5) is 15.7. The number of carbonyl (C=O) groups is 1. The van der Waals surface area contributed by atoms with Crippen molar-refractivity contribution in [1.29, 1.82) is 0 Å². The zero-order chi connectivity index (χ0) is 17.8. The van der Waals surface area contributed by atoms with Gasteiger partial charge in [-0.05, 0) is 44.2 Å². The van der Waals surface area contributed by atoms with E-state index in [1.807, 2.05) is 30.5 Å². The molecular formula is C20H20N2O3. The minimum Gasteiger partial charge on any atom is -0.507 e. The van der Waals surface area contributed by atoms with Gasteiger partial charge >= 0.3 is 0 Å². The highest BCUT2D eigenvalue weighted by molar-refractivity contribution is 5.83. The maximum atomic E-state index is 11.2. The number of aromatic hydroxyl groups is 1. The number of ether oxygens (including phenoxy) is 1. The fraction of sp³-hybridized carbons (Fsp3) is 0.200. The summed E-state index contributed by atoms with van der Waals surface area (Å²) in [7, 11) is 0. The van der Waals surface area contributed by atoms with E-state index in [-0.39, 0.29) is 17.9 Å². The average molecular weight is 336 g/mol. The predicted octanol–water partition coefficient (Wildman–Crippen LogP) is 4.23. The van der Waals surface area contributed by atoms with Gasteiger partial charge in [0.05, 0.1) is 17.0 Å². The summed E-state index contributed by atoms with van der Waals surface area (Å²) < 4.78 is 7.94. The summed E-state index contributed by atoms with van der Waals surface area (Å²) in [6.07, 6.45) is 4.37. The van der Waals surface area contributed by atoms with E-state index >= 15 is 0 Å². The number of aromatic nitrogens is 2. The number of phenols is 1. The van der Waals surface area contributed by atoms with Crippen LogP contribution in [-0.2, 0) is 6.61 Å². The summed E-state index contributed by atoms with van der Waals surface area (Å²) in [5.41, 5.74) is 2.91. The Kier molecular flexibility index (Phi) is 4.84. The molecule has 1 N–H and O–H groups in total. The van der Waals surface area contributed by atoms with E-state index < -0.39 is 0 Å². The number of phenolic OH excluding ortho intramolecular Hbond substituents is 1. The molecule has 0 aliphatic rings. The SMILES string of the molecule is CC(C)n1cccc1-c1ncccc1COc1cccc(O)c1C=O. The first-order valence-electron chi connectivity index (χ1n) is 8.13. The van der Waals surface area contributed by atoms with Gasteiger partial charge < -0.3 is 14.4 Å². The number of rotatable bonds is 6. The van der Waals surface area contributed by atoms with Gasteiger partial charge in [-0.25, -0.2) is 0 Å². The van der Waals surface area contributed by atoms with Gasteiger partial charge in [0.25, 0.3) is 0 Å². The first kappa shape index (κ1) is 16.8. The van der Waals surface area contributed by atoms with E-state index in [0.717, 1.165) is 17.0 Å². The molecule has 3 rings (SSSR count). The van der Waals surface area contributed by atoms with Gasteiger partial charge in [-0.2, -0.15) is 0 Å². The Morgan fingerprint density at radius 1 is 1.20 bits per heavy atom. The minimum atomic E-state index is -0.0902. The van der Waals surface area contributed by atoms with Gasteiger partial charge in [0, 0.05) is 24.0 Å². The predicted molar refractivity (Wildman–Crippen MR) is 95.9 cm³/mol. The lowest BCUT2D eigenvalue weighted by molar-refractivity contribution is 0.111. The minimum absolute atomic E-state index is 0.0902. The van der Waals surface area contributed by atoms with Crippen molar-refractivity contribution in [1.82, 2.24) is 9.55 Å². The van der Waals surface area contributed by atoms with E-state index in [1.54, 1.807) is 18.3 Å². The largest absolute Gasteiger partial charge is 0.507 e. The van der Waals surface area contributed by atoms with Gasteiger partial charge in [0.15, 0.2) is 6.29 Å². The molecule has 0 aliphatic heterocycles. The number of benzene rings is 1. The molecule has 5 nitrogen and oxygen atoms in total.